The Morgan fingerprint density at radius 1 is 0.725 bits per heavy atom. The van der Waals surface area contributed by atoms with Crippen LogP contribution >= 0.6 is 6.89 Å². The maximum atomic E-state index is 14.1. The van der Waals surface area contributed by atoms with E-state index in [1.165, 1.54) is 7.11 Å². The van der Waals surface area contributed by atoms with Gasteiger partial charge in [0.25, 0.3) is 0 Å². The van der Waals surface area contributed by atoms with Crippen molar-refractivity contribution < 1.29 is 19.1 Å². The molecule has 198 valence electrons. The number of carbonyl (C=O) groups is 2. The van der Waals surface area contributed by atoms with Gasteiger partial charge in [-0.3, -0.25) is 0 Å². The van der Waals surface area contributed by atoms with E-state index in [9.17, 15) is 14.9 Å². The van der Waals surface area contributed by atoms with Crippen molar-refractivity contribution in [1.29, 1.82) is 5.26 Å². The zero-order valence-corrected chi connectivity index (χ0v) is 23.7. The Balaban J connectivity index is 2.03. The van der Waals surface area contributed by atoms with Gasteiger partial charge in [0.2, 0.25) is 0 Å². The van der Waals surface area contributed by atoms with Crippen LogP contribution in [0.4, 0.5) is 0 Å². The summed E-state index contributed by atoms with van der Waals surface area (Å²) in [5.41, 5.74) is 4.31. The molecule has 40 heavy (non-hydrogen) atoms. The third-order valence-electron chi connectivity index (χ3n) is 7.12. The van der Waals surface area contributed by atoms with E-state index in [-0.39, 0.29) is 16.6 Å². The van der Waals surface area contributed by atoms with Gasteiger partial charge in [-0.25, -0.2) is 9.59 Å². The van der Waals surface area contributed by atoms with Gasteiger partial charge in [0.05, 0.1) is 24.0 Å². The predicted octanol–water partition coefficient (Wildman–Crippen LogP) is 5.09. The zero-order chi connectivity index (χ0) is 28.4. The van der Waals surface area contributed by atoms with E-state index in [0.29, 0.717) is 11.1 Å². The summed E-state index contributed by atoms with van der Waals surface area (Å²) in [4.78, 5) is 27.8. The van der Waals surface area contributed by atoms with Crippen LogP contribution in [0.1, 0.15) is 27.8 Å². The third kappa shape index (κ3) is 4.57. The molecule has 0 spiro atoms. The average Bonchev–Trinajstić information content (AvgIpc) is 3.32. The summed E-state index contributed by atoms with van der Waals surface area (Å²) in [7, 11) is 1.30. The van der Waals surface area contributed by atoms with Crippen molar-refractivity contribution in [3.8, 4) is 6.07 Å². The van der Waals surface area contributed by atoms with E-state index in [2.05, 4.69) is 6.07 Å². The molecule has 1 heterocycles. The van der Waals surface area contributed by atoms with Crippen molar-refractivity contribution >= 4 is 45.8 Å². The van der Waals surface area contributed by atoms with E-state index in [4.69, 9.17) is 9.47 Å². The van der Waals surface area contributed by atoms with Crippen LogP contribution in [0.2, 0.25) is 0 Å². The smallest absolute Gasteiger partial charge is 0.345 e. The molecule has 5 rings (SSSR count). The number of rotatable bonds is 5. The summed E-state index contributed by atoms with van der Waals surface area (Å²) in [6.45, 7) is 3.06. The Labute approximate surface area is 234 Å². The summed E-state index contributed by atoms with van der Waals surface area (Å²) in [6.07, 6.45) is 0. The minimum atomic E-state index is -2.98. The van der Waals surface area contributed by atoms with Crippen LogP contribution in [0.3, 0.4) is 0 Å². The second-order valence-electron chi connectivity index (χ2n) is 9.80. The number of hydrogen-bond donors (Lipinski definition) is 0. The topological polar surface area (TPSA) is 76.4 Å². The number of nitriles is 1. The highest BCUT2D eigenvalue weighted by Gasteiger charge is 2.44. The molecule has 0 amide bonds. The number of hydrogen-bond acceptors (Lipinski definition) is 5. The van der Waals surface area contributed by atoms with Crippen molar-refractivity contribution in [3.05, 3.63) is 130 Å². The number of methoxy groups -OCH3 is 1. The van der Waals surface area contributed by atoms with Gasteiger partial charge in [-0.2, -0.15) is 5.26 Å². The number of ether oxygens (including phenoxy) is 2. The summed E-state index contributed by atoms with van der Waals surface area (Å²) in [5, 5.41) is 12.3. The van der Waals surface area contributed by atoms with Gasteiger partial charge >= 0.3 is 11.9 Å². The molecule has 0 atom stereocenters. The van der Waals surface area contributed by atoms with E-state index >= 15 is 0 Å². The summed E-state index contributed by atoms with van der Waals surface area (Å²) in [5.74, 6) is -1.11. The number of benzene rings is 4. The first kappa shape index (κ1) is 26.9. The Kier molecular flexibility index (Phi) is 7.30. The molecular formula is C34H28NO4P. The molecule has 5 nitrogen and oxygen atoms in total. The van der Waals surface area contributed by atoms with Crippen LogP contribution < -0.4 is 15.9 Å². The maximum absolute atomic E-state index is 14.1. The van der Waals surface area contributed by atoms with Crippen LogP contribution in [-0.2, 0) is 19.1 Å². The van der Waals surface area contributed by atoms with Gasteiger partial charge in [0.15, 0.2) is 5.76 Å². The second-order valence-corrected chi connectivity index (χ2v) is 13.1. The fourth-order valence-corrected chi connectivity index (χ4v) is 9.34. The lowest BCUT2D eigenvalue weighted by molar-refractivity contribution is -0.135. The first-order valence-corrected chi connectivity index (χ1v) is 14.6. The van der Waals surface area contributed by atoms with Gasteiger partial charge in [0, 0.05) is 5.56 Å². The van der Waals surface area contributed by atoms with Crippen LogP contribution in [0.15, 0.2) is 103 Å². The first-order chi connectivity index (χ1) is 19.3. The molecule has 0 radical (unpaired) electrons. The molecule has 6 heteroatoms. The zero-order valence-electron chi connectivity index (χ0n) is 22.8. The van der Waals surface area contributed by atoms with Crippen LogP contribution in [0, 0.1) is 32.1 Å². The molecule has 0 unspecified atom stereocenters. The lowest BCUT2D eigenvalue weighted by atomic mass is 10.1. The molecule has 1 aliphatic rings. The Morgan fingerprint density at radius 3 is 1.52 bits per heavy atom. The van der Waals surface area contributed by atoms with Crippen molar-refractivity contribution in [1.82, 2.24) is 0 Å². The monoisotopic (exact) mass is 545 g/mol. The first-order valence-electron chi connectivity index (χ1n) is 12.8. The highest BCUT2D eigenvalue weighted by Crippen LogP contribution is 2.51. The van der Waals surface area contributed by atoms with Crippen molar-refractivity contribution in [2.45, 2.75) is 20.8 Å². The van der Waals surface area contributed by atoms with Crippen molar-refractivity contribution in [3.63, 3.8) is 0 Å². The number of carbonyl (C=O) groups excluding carboxylic acids is 2. The predicted molar refractivity (Wildman–Crippen MR) is 161 cm³/mol. The molecule has 0 N–H and O–H groups in total. The minimum Gasteiger partial charge on any atom is -0.465 e. The Hall–Kier alpha value is -4.65. The molecule has 0 aliphatic carbocycles. The number of aryl methyl sites for hydroxylation is 3. The molecule has 0 bridgehead atoms. The number of cyclic esters (lactones) is 1. The maximum Gasteiger partial charge on any atom is 0.345 e. The van der Waals surface area contributed by atoms with Crippen LogP contribution in [0.25, 0.3) is 5.76 Å². The number of nitrogens with zero attached hydrogens (tertiary/aromatic N) is 1. The van der Waals surface area contributed by atoms with Crippen molar-refractivity contribution in [2.24, 2.45) is 0 Å². The summed E-state index contributed by atoms with van der Waals surface area (Å²) >= 11 is 0. The van der Waals surface area contributed by atoms with E-state index in [1.807, 2.05) is 93.6 Å². The largest absolute Gasteiger partial charge is 0.465 e. The van der Waals surface area contributed by atoms with Gasteiger partial charge < -0.3 is 9.47 Å². The number of esters is 2. The van der Waals surface area contributed by atoms with E-state index in [0.717, 1.165) is 32.6 Å². The fraction of sp³-hybridized carbons (Fsp3) is 0.118. The highest BCUT2D eigenvalue weighted by atomic mass is 31.2. The molecule has 1 aliphatic heterocycles. The summed E-state index contributed by atoms with van der Waals surface area (Å²) in [6, 6.07) is 33.1. The van der Waals surface area contributed by atoms with Crippen molar-refractivity contribution in [2.75, 3.05) is 7.11 Å². The molecular weight excluding hydrogens is 517 g/mol. The van der Waals surface area contributed by atoms with E-state index < -0.39 is 18.8 Å². The van der Waals surface area contributed by atoms with Crippen LogP contribution in [0.5, 0.6) is 0 Å². The Bertz CT molecular complexity index is 1620. The standard InChI is InChI=1S/C34H28NO4P/c1-22-5-15-27(16-6-22)40(28-17-7-23(2)8-18-28,29-19-9-24(3)10-20-29)32-30(33(36)38-4)31(39-34(32)37)26-13-11-25(21-35)12-14-26/h5-20H,1-4H3. The lowest BCUT2D eigenvalue weighted by Gasteiger charge is -2.31. The average molecular weight is 546 g/mol. The molecule has 4 aromatic rings. The Morgan fingerprint density at radius 2 is 1.15 bits per heavy atom. The van der Waals surface area contributed by atoms with Gasteiger partial charge in [0.1, 0.15) is 5.57 Å². The van der Waals surface area contributed by atoms with Gasteiger partial charge in [-0.05, 0) is 67.8 Å². The summed E-state index contributed by atoms with van der Waals surface area (Å²) < 4.78 is 11.2. The second kappa shape index (κ2) is 10.8. The van der Waals surface area contributed by atoms with E-state index in [1.54, 1.807) is 24.3 Å². The van der Waals surface area contributed by atoms with Crippen LogP contribution in [-0.4, -0.2) is 24.3 Å². The lowest BCUT2D eigenvalue weighted by Crippen LogP contribution is -2.34. The SMILES string of the molecule is COC(=O)C1=C(c2ccc(C#N)cc2)OC(=O)C1=P(c1ccc(C)cc1)(c1ccc(C)cc1)c1ccc(C)cc1. The van der Waals surface area contributed by atoms with Gasteiger partial charge in [-0.15, -0.1) is 0 Å². The molecule has 4 aromatic carbocycles. The highest BCUT2D eigenvalue weighted by molar-refractivity contribution is 7.97. The normalized spacial score (nSPS) is 13.2. The molecule has 0 fully saturated rings. The minimum absolute atomic E-state index is 0.104. The third-order valence-corrected chi connectivity index (χ3v) is 11.4. The molecule has 0 saturated heterocycles. The van der Waals surface area contributed by atoms with Gasteiger partial charge in [-0.1, -0.05) is 89.5 Å². The molecule has 0 saturated carbocycles. The molecule has 0 aromatic heterocycles. The quantitative estimate of drug-likeness (QED) is 0.258. The fourth-order valence-electron chi connectivity index (χ4n) is 5.04.